The van der Waals surface area contributed by atoms with Crippen molar-refractivity contribution in [3.63, 3.8) is 0 Å². The van der Waals surface area contributed by atoms with Gasteiger partial charge in [-0.25, -0.2) is 19.6 Å². The number of hydrogen-bond acceptors (Lipinski definition) is 6. The van der Waals surface area contributed by atoms with Gasteiger partial charge < -0.3 is 4.74 Å². The van der Waals surface area contributed by atoms with Crippen molar-refractivity contribution < 1.29 is 9.53 Å². The van der Waals surface area contributed by atoms with Crippen LogP contribution in [0.2, 0.25) is 0 Å². The van der Waals surface area contributed by atoms with Crippen LogP contribution in [0.25, 0.3) is 11.2 Å². The second kappa shape index (κ2) is 5.76. The van der Waals surface area contributed by atoms with E-state index in [0.29, 0.717) is 0 Å². The van der Waals surface area contributed by atoms with Crippen LogP contribution in [0.5, 0.6) is 0 Å². The maximum Gasteiger partial charge on any atom is 0.358 e. The number of aromatic nitrogens is 5. The van der Waals surface area contributed by atoms with Crippen LogP contribution in [-0.2, 0) is 18.8 Å². The van der Waals surface area contributed by atoms with Gasteiger partial charge in [0.05, 0.1) is 0 Å². The van der Waals surface area contributed by atoms with E-state index in [1.165, 1.54) is 41.8 Å². The van der Waals surface area contributed by atoms with Crippen LogP contribution >= 0.6 is 0 Å². The lowest BCUT2D eigenvalue weighted by Gasteiger charge is -2.15. The Bertz CT molecular complexity index is 1030. The summed E-state index contributed by atoms with van der Waals surface area (Å²) < 4.78 is 9.00. The molecule has 0 N–H and O–H groups in total. The summed E-state index contributed by atoms with van der Waals surface area (Å²) in [6.45, 7) is 1.60. The molecule has 0 spiro atoms. The summed E-state index contributed by atoms with van der Waals surface area (Å²) in [5.74, 6) is -0.619. The molecular formula is C15H15N5O4. The van der Waals surface area contributed by atoms with E-state index >= 15 is 0 Å². The van der Waals surface area contributed by atoms with E-state index in [0.717, 1.165) is 4.57 Å². The van der Waals surface area contributed by atoms with Crippen molar-refractivity contribution in [2.75, 3.05) is 0 Å². The van der Waals surface area contributed by atoms with Gasteiger partial charge in [0, 0.05) is 20.3 Å². The molecule has 0 amide bonds. The maximum absolute atomic E-state index is 12.4. The zero-order valence-electron chi connectivity index (χ0n) is 13.3. The number of rotatable bonds is 3. The van der Waals surface area contributed by atoms with Gasteiger partial charge in [-0.05, 0) is 19.1 Å². The van der Waals surface area contributed by atoms with Crippen LogP contribution < -0.4 is 11.2 Å². The number of carbonyl (C=O) groups is 1. The molecule has 3 aromatic heterocycles. The molecule has 1 atom stereocenters. The number of hydrogen-bond donors (Lipinski definition) is 0. The fraction of sp³-hybridized carbons (Fsp3) is 0.267. The molecule has 0 aliphatic carbocycles. The minimum Gasteiger partial charge on any atom is -0.437 e. The first-order chi connectivity index (χ1) is 11.4. The normalized spacial score (nSPS) is 12.3. The van der Waals surface area contributed by atoms with Crippen molar-refractivity contribution in [2.45, 2.75) is 13.2 Å². The Morgan fingerprint density at radius 1 is 1.17 bits per heavy atom. The van der Waals surface area contributed by atoms with Crippen molar-refractivity contribution >= 4 is 17.1 Å². The highest BCUT2D eigenvalue weighted by Crippen LogP contribution is 2.15. The first-order valence-electron chi connectivity index (χ1n) is 7.16. The summed E-state index contributed by atoms with van der Waals surface area (Å²) >= 11 is 0. The Morgan fingerprint density at radius 2 is 1.92 bits per heavy atom. The minimum absolute atomic E-state index is 0.161. The molecule has 0 aromatic carbocycles. The molecular weight excluding hydrogens is 314 g/mol. The Balaban J connectivity index is 2.03. The molecule has 0 aliphatic rings. The van der Waals surface area contributed by atoms with Gasteiger partial charge in [-0.1, -0.05) is 6.07 Å². The summed E-state index contributed by atoms with van der Waals surface area (Å²) in [4.78, 5) is 44.4. The number of nitrogens with zero attached hydrogens (tertiary/aromatic N) is 5. The van der Waals surface area contributed by atoms with Gasteiger partial charge in [-0.3, -0.25) is 18.5 Å². The fourth-order valence-electron chi connectivity index (χ4n) is 2.40. The number of pyridine rings is 1. The SMILES string of the molecule is CC(OC(=O)c1ccccn1)n1cnc2c1c(=O)n(C)c(=O)n2C. The minimum atomic E-state index is -0.797. The van der Waals surface area contributed by atoms with Gasteiger partial charge in [-0.2, -0.15) is 0 Å². The fourth-order valence-corrected chi connectivity index (χ4v) is 2.40. The Kier molecular flexibility index (Phi) is 3.76. The van der Waals surface area contributed by atoms with Crippen LogP contribution in [0.15, 0.2) is 40.3 Å². The Hall–Kier alpha value is -3.23. The van der Waals surface area contributed by atoms with Crippen LogP contribution in [0.3, 0.4) is 0 Å². The first kappa shape index (κ1) is 15.7. The van der Waals surface area contributed by atoms with Crippen molar-refractivity contribution in [3.05, 3.63) is 57.3 Å². The molecule has 0 bridgehead atoms. The van der Waals surface area contributed by atoms with Crippen molar-refractivity contribution in [3.8, 4) is 0 Å². The van der Waals surface area contributed by atoms with Crippen LogP contribution in [-0.4, -0.2) is 29.6 Å². The van der Waals surface area contributed by atoms with E-state index in [9.17, 15) is 14.4 Å². The number of ether oxygens (including phenoxy) is 1. The lowest BCUT2D eigenvalue weighted by atomic mass is 10.3. The summed E-state index contributed by atoms with van der Waals surface area (Å²) in [6, 6.07) is 4.89. The summed E-state index contributed by atoms with van der Waals surface area (Å²) in [6.07, 6.45) is 2.05. The molecule has 3 rings (SSSR count). The molecule has 9 heteroatoms. The van der Waals surface area contributed by atoms with Crippen molar-refractivity contribution in [2.24, 2.45) is 14.1 Å². The van der Waals surface area contributed by atoms with Gasteiger partial charge in [0.1, 0.15) is 12.0 Å². The third-order valence-electron chi connectivity index (χ3n) is 3.72. The van der Waals surface area contributed by atoms with Gasteiger partial charge >= 0.3 is 11.7 Å². The Labute approximate surface area is 135 Å². The number of imidazole rings is 1. The molecule has 9 nitrogen and oxygen atoms in total. The highest BCUT2D eigenvalue weighted by Gasteiger charge is 2.20. The zero-order valence-corrected chi connectivity index (χ0v) is 13.3. The largest absolute Gasteiger partial charge is 0.437 e. The number of aryl methyl sites for hydroxylation is 1. The topological polar surface area (TPSA) is 101 Å². The summed E-state index contributed by atoms with van der Waals surface area (Å²) in [5, 5.41) is 0. The third-order valence-corrected chi connectivity index (χ3v) is 3.72. The molecule has 0 saturated heterocycles. The number of esters is 1. The Morgan fingerprint density at radius 3 is 2.58 bits per heavy atom. The molecule has 0 saturated carbocycles. The molecule has 1 unspecified atom stereocenters. The highest BCUT2D eigenvalue weighted by molar-refractivity contribution is 5.87. The second-order valence-electron chi connectivity index (χ2n) is 5.25. The average molecular weight is 329 g/mol. The van der Waals surface area contributed by atoms with Gasteiger partial charge in [0.25, 0.3) is 5.56 Å². The smallest absolute Gasteiger partial charge is 0.358 e. The van der Waals surface area contributed by atoms with E-state index in [-0.39, 0.29) is 16.9 Å². The van der Waals surface area contributed by atoms with Crippen molar-refractivity contribution in [1.82, 2.24) is 23.7 Å². The predicted molar refractivity (Wildman–Crippen MR) is 84.6 cm³/mol. The van der Waals surface area contributed by atoms with Gasteiger partial charge in [0.2, 0.25) is 0 Å². The molecule has 0 aliphatic heterocycles. The van der Waals surface area contributed by atoms with Gasteiger partial charge in [-0.15, -0.1) is 0 Å². The third kappa shape index (κ3) is 2.39. The molecule has 0 radical (unpaired) electrons. The molecule has 3 heterocycles. The van der Waals surface area contributed by atoms with Crippen LogP contribution in [0.1, 0.15) is 23.6 Å². The highest BCUT2D eigenvalue weighted by atomic mass is 16.6. The first-order valence-corrected chi connectivity index (χ1v) is 7.16. The summed E-state index contributed by atoms with van der Waals surface area (Å²) in [7, 11) is 2.90. The second-order valence-corrected chi connectivity index (χ2v) is 5.25. The quantitative estimate of drug-likeness (QED) is 0.636. The van der Waals surface area contributed by atoms with Crippen LogP contribution in [0.4, 0.5) is 0 Å². The molecule has 0 fully saturated rings. The van der Waals surface area contributed by atoms with E-state index in [1.54, 1.807) is 19.1 Å². The lowest BCUT2D eigenvalue weighted by molar-refractivity contribution is 0.0162. The molecule has 124 valence electrons. The lowest BCUT2D eigenvalue weighted by Crippen LogP contribution is -2.37. The molecule has 3 aromatic rings. The predicted octanol–water partition coefficient (Wildman–Crippen LogP) is 0.204. The van der Waals surface area contributed by atoms with E-state index in [2.05, 4.69) is 9.97 Å². The van der Waals surface area contributed by atoms with Gasteiger partial charge in [0.15, 0.2) is 17.4 Å². The van der Waals surface area contributed by atoms with E-state index in [1.807, 2.05) is 0 Å². The molecule has 24 heavy (non-hydrogen) atoms. The average Bonchev–Trinajstić information content (AvgIpc) is 3.04. The standard InChI is InChI=1S/C15H15N5O4/c1-9(24-14(22)10-6-4-5-7-16-10)20-8-17-12-11(20)13(21)19(3)15(23)18(12)2/h4-9H,1-3H3. The maximum atomic E-state index is 12.4. The number of fused-ring (bicyclic) bond motifs is 1. The summed E-state index contributed by atoms with van der Waals surface area (Å²) in [5.41, 5.74) is -0.416. The van der Waals surface area contributed by atoms with Crippen LogP contribution in [0, 0.1) is 0 Å². The number of carbonyl (C=O) groups excluding carboxylic acids is 1. The zero-order chi connectivity index (χ0) is 17.4. The van der Waals surface area contributed by atoms with Crippen molar-refractivity contribution in [1.29, 1.82) is 0 Å². The van der Waals surface area contributed by atoms with E-state index < -0.39 is 23.4 Å². The van der Waals surface area contributed by atoms with E-state index in [4.69, 9.17) is 4.74 Å². The monoisotopic (exact) mass is 329 g/mol.